The van der Waals surface area contributed by atoms with Gasteiger partial charge in [0.1, 0.15) is 11.6 Å². The van der Waals surface area contributed by atoms with Crippen LogP contribution in [0.15, 0.2) is 24.3 Å². The van der Waals surface area contributed by atoms with Gasteiger partial charge in [0.05, 0.1) is 32.4 Å². The molecule has 2 aliphatic heterocycles. The number of likely N-dealkylation sites (tertiary alicyclic amines) is 1. The van der Waals surface area contributed by atoms with E-state index in [4.69, 9.17) is 9.57 Å². The van der Waals surface area contributed by atoms with Crippen LogP contribution in [0.1, 0.15) is 56.1 Å². The largest absolute Gasteiger partial charge is 0.426 e. The summed E-state index contributed by atoms with van der Waals surface area (Å²) in [6.07, 6.45) is 6.09. The molecule has 1 saturated carbocycles. The van der Waals surface area contributed by atoms with E-state index in [-0.39, 0.29) is 5.91 Å². The molecule has 196 valence electrons. The van der Waals surface area contributed by atoms with Crippen LogP contribution >= 0.6 is 0 Å². The summed E-state index contributed by atoms with van der Waals surface area (Å²) in [4.78, 5) is 33.8. The number of morpholine rings is 1. The van der Waals surface area contributed by atoms with Crippen molar-refractivity contribution in [2.24, 2.45) is 5.92 Å². The summed E-state index contributed by atoms with van der Waals surface area (Å²) < 4.78 is 5.30. The third-order valence-electron chi connectivity index (χ3n) is 7.50. The van der Waals surface area contributed by atoms with Gasteiger partial charge in [-0.25, -0.2) is 4.79 Å². The average molecular weight is 498 g/mol. The van der Waals surface area contributed by atoms with Crippen molar-refractivity contribution in [3.8, 4) is 6.07 Å². The monoisotopic (exact) mass is 497 g/mol. The molecule has 2 unspecified atom stereocenters. The Kier molecular flexibility index (Phi) is 9.19. The van der Waals surface area contributed by atoms with E-state index >= 15 is 0 Å². The molecule has 2 atom stereocenters. The zero-order valence-electron chi connectivity index (χ0n) is 21.3. The topological polar surface area (TPSA) is 107 Å². The standard InChI is InChI=1S/C27H39N5O4/c1-21-6-5-9-23(16-21)18-31-11-10-27(19-28,20-31)30-25(33)24(17-22-7-3-2-4-8-22)29-26(34)36-32-12-14-35-15-13-32/h5-6,9,16,22,24H,2-4,7-8,10-15,17-18,20H2,1H3,(H,29,34)(H,30,33). The fourth-order valence-corrected chi connectivity index (χ4v) is 5.55. The van der Waals surface area contributed by atoms with E-state index < -0.39 is 17.7 Å². The summed E-state index contributed by atoms with van der Waals surface area (Å²) in [7, 11) is 0. The molecule has 1 aliphatic carbocycles. The molecular weight excluding hydrogens is 458 g/mol. The van der Waals surface area contributed by atoms with Crippen LogP contribution in [-0.4, -0.2) is 72.9 Å². The van der Waals surface area contributed by atoms with E-state index in [0.717, 1.165) is 38.8 Å². The Bertz CT molecular complexity index is 938. The maximum atomic E-state index is 13.5. The zero-order chi connectivity index (χ0) is 25.4. The van der Waals surface area contributed by atoms with Crippen LogP contribution in [0.3, 0.4) is 0 Å². The predicted molar refractivity (Wildman–Crippen MR) is 135 cm³/mol. The van der Waals surface area contributed by atoms with E-state index in [1.54, 1.807) is 5.06 Å². The Hall–Kier alpha value is -2.67. The van der Waals surface area contributed by atoms with Crippen LogP contribution < -0.4 is 10.6 Å². The zero-order valence-corrected chi connectivity index (χ0v) is 21.3. The molecule has 2 amide bonds. The number of carbonyl (C=O) groups is 2. The van der Waals surface area contributed by atoms with Crippen LogP contribution in [0.25, 0.3) is 0 Å². The van der Waals surface area contributed by atoms with E-state index in [0.29, 0.717) is 51.6 Å². The lowest BCUT2D eigenvalue weighted by Gasteiger charge is -2.30. The summed E-state index contributed by atoms with van der Waals surface area (Å²) in [6, 6.07) is 9.97. The molecule has 0 aromatic heterocycles. The van der Waals surface area contributed by atoms with Crippen molar-refractivity contribution < 1.29 is 19.2 Å². The van der Waals surface area contributed by atoms with Gasteiger partial charge in [-0.1, -0.05) is 61.9 Å². The molecule has 36 heavy (non-hydrogen) atoms. The molecule has 0 radical (unpaired) electrons. The van der Waals surface area contributed by atoms with Crippen LogP contribution in [0.4, 0.5) is 4.79 Å². The molecule has 2 heterocycles. The SMILES string of the molecule is Cc1cccc(CN2CCC(C#N)(NC(=O)C(CC3CCCCC3)NC(=O)ON3CCOCC3)C2)c1. The number of nitriles is 1. The molecule has 2 saturated heterocycles. The molecular formula is C27H39N5O4. The van der Waals surface area contributed by atoms with E-state index in [1.165, 1.54) is 17.5 Å². The molecule has 9 heteroatoms. The molecule has 3 aliphatic rings. The summed E-state index contributed by atoms with van der Waals surface area (Å²) >= 11 is 0. The van der Waals surface area contributed by atoms with E-state index in [1.807, 2.05) is 6.07 Å². The number of amides is 2. The van der Waals surface area contributed by atoms with Crippen LogP contribution in [-0.2, 0) is 20.9 Å². The highest BCUT2D eigenvalue weighted by Crippen LogP contribution is 2.28. The first-order chi connectivity index (χ1) is 17.4. The number of hydrogen-bond donors (Lipinski definition) is 2. The van der Waals surface area contributed by atoms with Crippen molar-refractivity contribution in [2.75, 3.05) is 39.4 Å². The minimum atomic E-state index is -0.971. The number of nitrogens with one attached hydrogen (secondary N) is 2. The maximum Gasteiger partial charge on any atom is 0.426 e. The van der Waals surface area contributed by atoms with Gasteiger partial charge in [-0.2, -0.15) is 5.26 Å². The highest BCUT2D eigenvalue weighted by atomic mass is 16.7. The molecule has 0 bridgehead atoms. The van der Waals surface area contributed by atoms with Gasteiger partial charge in [0.2, 0.25) is 5.91 Å². The van der Waals surface area contributed by atoms with Gasteiger partial charge in [-0.15, -0.1) is 5.06 Å². The van der Waals surface area contributed by atoms with Crippen molar-refractivity contribution in [1.29, 1.82) is 5.26 Å². The highest BCUT2D eigenvalue weighted by molar-refractivity contribution is 5.86. The fraction of sp³-hybridized carbons (Fsp3) is 0.667. The Morgan fingerprint density at radius 2 is 2.00 bits per heavy atom. The Labute approximate surface area is 214 Å². The minimum Gasteiger partial charge on any atom is -0.379 e. The summed E-state index contributed by atoms with van der Waals surface area (Å²) in [5.41, 5.74) is 1.42. The third-order valence-corrected chi connectivity index (χ3v) is 7.50. The van der Waals surface area contributed by atoms with Crippen LogP contribution in [0, 0.1) is 24.2 Å². The molecule has 9 nitrogen and oxygen atoms in total. The van der Waals surface area contributed by atoms with Gasteiger partial charge >= 0.3 is 6.09 Å². The van der Waals surface area contributed by atoms with Gasteiger partial charge in [-0.05, 0) is 31.2 Å². The number of aryl methyl sites for hydroxylation is 1. The van der Waals surface area contributed by atoms with Crippen LogP contribution in [0.5, 0.6) is 0 Å². The van der Waals surface area contributed by atoms with Crippen molar-refractivity contribution in [3.05, 3.63) is 35.4 Å². The number of ether oxygens (including phenoxy) is 1. The highest BCUT2D eigenvalue weighted by Gasteiger charge is 2.41. The predicted octanol–water partition coefficient (Wildman–Crippen LogP) is 2.89. The second kappa shape index (κ2) is 12.5. The lowest BCUT2D eigenvalue weighted by molar-refractivity contribution is -0.147. The number of hydroxylamine groups is 2. The summed E-state index contributed by atoms with van der Waals surface area (Å²) in [5.74, 6) is 0.0658. The van der Waals surface area contributed by atoms with Crippen molar-refractivity contribution in [1.82, 2.24) is 20.6 Å². The van der Waals surface area contributed by atoms with Gasteiger partial charge in [-0.3, -0.25) is 9.69 Å². The summed E-state index contributed by atoms with van der Waals surface area (Å²) in [6.45, 7) is 5.99. The molecule has 0 spiro atoms. The Balaban J connectivity index is 1.38. The lowest BCUT2D eigenvalue weighted by Crippen LogP contribution is -2.57. The second-order valence-corrected chi connectivity index (χ2v) is 10.5. The fourth-order valence-electron chi connectivity index (χ4n) is 5.55. The van der Waals surface area contributed by atoms with Gasteiger partial charge in [0, 0.05) is 19.6 Å². The van der Waals surface area contributed by atoms with Gasteiger partial charge < -0.3 is 20.2 Å². The Morgan fingerprint density at radius 1 is 1.22 bits per heavy atom. The number of nitrogens with zero attached hydrogens (tertiary/aromatic N) is 3. The van der Waals surface area contributed by atoms with Crippen LogP contribution in [0.2, 0.25) is 0 Å². The normalized spacial score (nSPS) is 24.6. The second-order valence-electron chi connectivity index (χ2n) is 10.5. The Morgan fingerprint density at radius 3 is 2.72 bits per heavy atom. The average Bonchev–Trinajstić information content (AvgIpc) is 3.27. The molecule has 1 aromatic rings. The number of rotatable bonds is 8. The van der Waals surface area contributed by atoms with Crippen molar-refractivity contribution in [3.63, 3.8) is 0 Å². The van der Waals surface area contributed by atoms with E-state index in [2.05, 4.69) is 46.7 Å². The smallest absolute Gasteiger partial charge is 0.379 e. The number of carbonyl (C=O) groups excluding carboxylic acids is 2. The van der Waals surface area contributed by atoms with Crippen molar-refractivity contribution >= 4 is 12.0 Å². The van der Waals surface area contributed by atoms with Crippen molar-refractivity contribution in [2.45, 2.75) is 70.0 Å². The maximum absolute atomic E-state index is 13.5. The molecule has 1 aromatic carbocycles. The quantitative estimate of drug-likeness (QED) is 0.569. The lowest BCUT2D eigenvalue weighted by atomic mass is 9.84. The number of hydrogen-bond acceptors (Lipinski definition) is 7. The summed E-state index contributed by atoms with van der Waals surface area (Å²) in [5, 5.41) is 17.5. The third kappa shape index (κ3) is 7.42. The number of benzene rings is 1. The molecule has 3 fully saturated rings. The minimum absolute atomic E-state index is 0.307. The van der Waals surface area contributed by atoms with Gasteiger partial charge in [0.15, 0.2) is 0 Å². The first-order valence-corrected chi connectivity index (χ1v) is 13.3. The van der Waals surface area contributed by atoms with Gasteiger partial charge in [0.25, 0.3) is 0 Å². The van der Waals surface area contributed by atoms with E-state index in [9.17, 15) is 14.9 Å². The first-order valence-electron chi connectivity index (χ1n) is 13.3. The molecule has 2 N–H and O–H groups in total. The first kappa shape index (κ1) is 26.4. The molecule has 4 rings (SSSR count).